The molecular weight excluding hydrogens is 264 g/mol. The van der Waals surface area contributed by atoms with Crippen molar-refractivity contribution in [2.24, 2.45) is 12.8 Å². The largest absolute Gasteiger partial charge is 0.337 e. The van der Waals surface area contributed by atoms with Crippen LogP contribution in [0.5, 0.6) is 0 Å². The lowest BCUT2D eigenvalue weighted by Gasteiger charge is -2.15. The number of aromatic nitrogens is 4. The molecule has 0 bridgehead atoms. The van der Waals surface area contributed by atoms with Crippen molar-refractivity contribution in [1.82, 2.24) is 24.2 Å². The van der Waals surface area contributed by atoms with E-state index in [1.54, 1.807) is 0 Å². The van der Waals surface area contributed by atoms with Crippen LogP contribution >= 0.6 is 0 Å². The van der Waals surface area contributed by atoms with Crippen LogP contribution in [0.3, 0.4) is 0 Å². The average Bonchev–Trinajstić information content (AvgIpc) is 3.11. The topological polar surface area (TPSA) is 64.9 Å². The minimum absolute atomic E-state index is 0.160. The summed E-state index contributed by atoms with van der Waals surface area (Å²) in [6.07, 6.45) is 5.82. The summed E-state index contributed by atoms with van der Waals surface area (Å²) in [5.74, 6) is 0.352. The quantitative estimate of drug-likeness (QED) is 0.916. The van der Waals surface area contributed by atoms with Gasteiger partial charge in [-0.1, -0.05) is 0 Å². The van der Waals surface area contributed by atoms with Gasteiger partial charge in [0.25, 0.3) is 0 Å². The maximum atomic E-state index is 6.33. The molecule has 0 aromatic carbocycles. The molecule has 2 atom stereocenters. The molecule has 3 rings (SSSR count). The van der Waals surface area contributed by atoms with Gasteiger partial charge in [-0.3, -0.25) is 9.58 Å². The van der Waals surface area contributed by atoms with Gasteiger partial charge in [-0.15, -0.1) is 0 Å². The van der Waals surface area contributed by atoms with E-state index in [1.807, 2.05) is 24.3 Å². The number of nitrogens with zero attached hydrogens (tertiary/aromatic N) is 5. The Morgan fingerprint density at radius 1 is 1.38 bits per heavy atom. The molecule has 21 heavy (non-hydrogen) atoms. The predicted molar refractivity (Wildman–Crippen MR) is 81.8 cm³/mol. The Morgan fingerprint density at radius 3 is 2.81 bits per heavy atom. The zero-order chi connectivity index (χ0) is 15.0. The first kappa shape index (κ1) is 14.3. The molecule has 0 amide bonds. The molecule has 2 aromatic rings. The van der Waals surface area contributed by atoms with Gasteiger partial charge < -0.3 is 10.3 Å². The molecule has 1 aliphatic rings. The number of likely N-dealkylation sites (tertiary alicyclic amines) is 1. The van der Waals surface area contributed by atoms with Gasteiger partial charge >= 0.3 is 0 Å². The van der Waals surface area contributed by atoms with Crippen molar-refractivity contribution in [1.29, 1.82) is 0 Å². The molecule has 3 heterocycles. The highest BCUT2D eigenvalue weighted by Crippen LogP contribution is 2.26. The summed E-state index contributed by atoms with van der Waals surface area (Å²) < 4.78 is 4.07. The fourth-order valence-corrected chi connectivity index (χ4v) is 3.06. The third-order valence-electron chi connectivity index (χ3n) is 4.25. The Bertz CT molecular complexity index is 599. The second kappa shape index (κ2) is 5.61. The van der Waals surface area contributed by atoms with E-state index < -0.39 is 0 Å². The maximum Gasteiger partial charge on any atom is 0.0945 e. The lowest BCUT2D eigenvalue weighted by molar-refractivity contribution is 0.316. The van der Waals surface area contributed by atoms with Gasteiger partial charge in [-0.05, 0) is 19.9 Å². The molecule has 1 aliphatic heterocycles. The van der Waals surface area contributed by atoms with Crippen LogP contribution in [-0.2, 0) is 13.6 Å². The predicted octanol–water partition coefficient (Wildman–Crippen LogP) is 1.12. The second-order valence-electron chi connectivity index (χ2n) is 6.27. The first-order valence-corrected chi connectivity index (χ1v) is 7.52. The van der Waals surface area contributed by atoms with Crippen molar-refractivity contribution in [2.45, 2.75) is 38.4 Å². The standard InChI is InChI=1S/C15H24N6/c1-11(2)21-5-4-12(18-21)7-20-8-13(14(16)9-20)15-6-17-10-19(15)3/h4-6,10-11,13-14H,7-9,16H2,1-3H3/t13-,14-/m1/s1. The van der Waals surface area contributed by atoms with Gasteiger partial charge in [0, 0.05) is 62.8 Å². The molecule has 1 fully saturated rings. The Balaban J connectivity index is 1.67. The van der Waals surface area contributed by atoms with Gasteiger partial charge in [-0.25, -0.2) is 4.98 Å². The molecule has 1 saturated heterocycles. The second-order valence-corrected chi connectivity index (χ2v) is 6.27. The van der Waals surface area contributed by atoms with Crippen LogP contribution in [-0.4, -0.2) is 43.4 Å². The van der Waals surface area contributed by atoms with E-state index in [2.05, 4.69) is 45.7 Å². The van der Waals surface area contributed by atoms with Crippen LogP contribution in [0.25, 0.3) is 0 Å². The Kier molecular flexibility index (Phi) is 3.82. The molecular formula is C15H24N6. The van der Waals surface area contributed by atoms with Crippen molar-refractivity contribution in [2.75, 3.05) is 13.1 Å². The van der Waals surface area contributed by atoms with E-state index in [9.17, 15) is 0 Å². The lowest BCUT2D eigenvalue weighted by Crippen LogP contribution is -2.29. The van der Waals surface area contributed by atoms with Gasteiger partial charge in [0.1, 0.15) is 0 Å². The van der Waals surface area contributed by atoms with Crippen molar-refractivity contribution >= 4 is 0 Å². The Hall–Kier alpha value is -1.66. The summed E-state index contributed by atoms with van der Waals surface area (Å²) in [6.45, 7) is 7.02. The number of imidazole rings is 1. The van der Waals surface area contributed by atoms with Gasteiger partial charge in [0.2, 0.25) is 0 Å². The van der Waals surface area contributed by atoms with E-state index in [-0.39, 0.29) is 6.04 Å². The summed E-state index contributed by atoms with van der Waals surface area (Å²) in [5.41, 5.74) is 8.66. The van der Waals surface area contributed by atoms with Crippen LogP contribution < -0.4 is 5.73 Å². The minimum atomic E-state index is 0.160. The highest BCUT2D eigenvalue weighted by molar-refractivity contribution is 5.14. The smallest absolute Gasteiger partial charge is 0.0945 e. The SMILES string of the molecule is CC(C)n1ccc(CN2C[C@@H](N)[C@H](c3cncn3C)C2)n1. The Morgan fingerprint density at radius 2 is 2.19 bits per heavy atom. The number of nitrogens with two attached hydrogens (primary N) is 1. The van der Waals surface area contributed by atoms with Crippen LogP contribution in [0.4, 0.5) is 0 Å². The first-order valence-electron chi connectivity index (χ1n) is 7.52. The zero-order valence-electron chi connectivity index (χ0n) is 13.0. The normalized spacial score (nSPS) is 23.3. The summed E-state index contributed by atoms with van der Waals surface area (Å²) in [7, 11) is 2.03. The fourth-order valence-electron chi connectivity index (χ4n) is 3.06. The first-order chi connectivity index (χ1) is 10.0. The summed E-state index contributed by atoms with van der Waals surface area (Å²) >= 11 is 0. The van der Waals surface area contributed by atoms with E-state index in [0.29, 0.717) is 12.0 Å². The number of hydrogen-bond acceptors (Lipinski definition) is 4. The minimum Gasteiger partial charge on any atom is -0.337 e. The summed E-state index contributed by atoms with van der Waals surface area (Å²) in [6, 6.07) is 2.66. The maximum absolute atomic E-state index is 6.33. The van der Waals surface area contributed by atoms with Crippen LogP contribution in [0.15, 0.2) is 24.8 Å². The van der Waals surface area contributed by atoms with Crippen LogP contribution in [0.1, 0.15) is 37.2 Å². The monoisotopic (exact) mass is 288 g/mol. The molecule has 0 saturated carbocycles. The summed E-state index contributed by atoms with van der Waals surface area (Å²) in [4.78, 5) is 6.59. The molecule has 6 heteroatoms. The van der Waals surface area contributed by atoms with Gasteiger partial charge in [0.05, 0.1) is 12.0 Å². The van der Waals surface area contributed by atoms with Crippen molar-refractivity contribution in [3.05, 3.63) is 36.2 Å². The summed E-state index contributed by atoms with van der Waals surface area (Å²) in [5, 5.41) is 4.62. The molecule has 114 valence electrons. The molecule has 6 nitrogen and oxygen atoms in total. The highest BCUT2D eigenvalue weighted by atomic mass is 15.3. The molecule has 2 aromatic heterocycles. The fraction of sp³-hybridized carbons (Fsp3) is 0.600. The number of rotatable bonds is 4. The highest BCUT2D eigenvalue weighted by Gasteiger charge is 2.33. The third kappa shape index (κ3) is 2.87. The molecule has 0 spiro atoms. The van der Waals surface area contributed by atoms with Crippen molar-refractivity contribution in [3.63, 3.8) is 0 Å². The van der Waals surface area contributed by atoms with Gasteiger partial charge in [0.15, 0.2) is 0 Å². The van der Waals surface area contributed by atoms with Crippen molar-refractivity contribution < 1.29 is 0 Å². The number of hydrogen-bond donors (Lipinski definition) is 1. The zero-order valence-corrected chi connectivity index (χ0v) is 13.0. The van der Waals surface area contributed by atoms with E-state index >= 15 is 0 Å². The molecule has 0 aliphatic carbocycles. The van der Waals surface area contributed by atoms with E-state index in [0.717, 1.165) is 25.3 Å². The van der Waals surface area contributed by atoms with E-state index in [4.69, 9.17) is 5.73 Å². The van der Waals surface area contributed by atoms with Crippen molar-refractivity contribution in [3.8, 4) is 0 Å². The lowest BCUT2D eigenvalue weighted by atomic mass is 10.0. The molecule has 0 unspecified atom stereocenters. The average molecular weight is 288 g/mol. The van der Waals surface area contributed by atoms with Gasteiger partial charge in [-0.2, -0.15) is 5.10 Å². The molecule has 2 N–H and O–H groups in total. The Labute approximate surface area is 125 Å². The van der Waals surface area contributed by atoms with E-state index in [1.165, 1.54) is 5.69 Å². The van der Waals surface area contributed by atoms with Crippen LogP contribution in [0, 0.1) is 0 Å². The number of aryl methyl sites for hydroxylation is 1. The third-order valence-corrected chi connectivity index (χ3v) is 4.25. The van der Waals surface area contributed by atoms with Crippen LogP contribution in [0.2, 0.25) is 0 Å². The molecule has 0 radical (unpaired) electrons.